The Morgan fingerprint density at radius 3 is 2.55 bits per heavy atom. The van der Waals surface area contributed by atoms with E-state index in [1.165, 1.54) is 24.9 Å². The molecule has 2 atom stereocenters. The van der Waals surface area contributed by atoms with Crippen LogP contribution in [0.5, 0.6) is 34.5 Å². The first-order valence-corrected chi connectivity index (χ1v) is 18.3. The van der Waals surface area contributed by atoms with Gasteiger partial charge in [-0.1, -0.05) is 18.2 Å². The molecular weight excluding hydrogens is 710 g/mol. The second kappa shape index (κ2) is 17.0. The number of benzene rings is 3. The highest BCUT2D eigenvalue weighted by Crippen LogP contribution is 2.46. The van der Waals surface area contributed by atoms with Gasteiger partial charge in [-0.15, -0.1) is 0 Å². The zero-order chi connectivity index (χ0) is 39.2. The largest absolute Gasteiger partial charge is 0.507 e. The zero-order valence-electron chi connectivity index (χ0n) is 31.3. The second-order valence-corrected chi connectivity index (χ2v) is 13.6. The van der Waals surface area contributed by atoms with Gasteiger partial charge >= 0.3 is 5.97 Å². The molecule has 14 heteroatoms. The quantitative estimate of drug-likeness (QED) is 0.178. The Morgan fingerprint density at radius 2 is 1.76 bits per heavy atom. The number of rotatable bonds is 9. The summed E-state index contributed by atoms with van der Waals surface area (Å²) in [6.45, 7) is 3.57. The molecule has 3 aromatic carbocycles. The van der Waals surface area contributed by atoms with Crippen LogP contribution in [0, 0.1) is 6.92 Å². The SMILES string of the molecule is COc1cc2nc(C)n(CCNC(=O)CC(c3ccc4c(c3)OCO4)c3c(O)cc4c(c3O)C(=O)O[C@@H](C)CCCC(=O)CCC/C=C/4)c(=O)c2cc1OC. The summed E-state index contributed by atoms with van der Waals surface area (Å²) in [6.07, 6.45) is 5.58. The molecule has 1 amide bonds. The van der Waals surface area contributed by atoms with E-state index in [9.17, 15) is 29.4 Å². The number of phenols is 2. The second-order valence-electron chi connectivity index (χ2n) is 13.6. The number of Topliss-reactive ketones (excluding diaryl/α,β-unsaturated/α-hetero) is 1. The van der Waals surface area contributed by atoms with Crippen LogP contribution in [-0.2, 0) is 20.9 Å². The van der Waals surface area contributed by atoms with Crippen molar-refractivity contribution in [1.82, 2.24) is 14.9 Å². The van der Waals surface area contributed by atoms with Crippen molar-refractivity contribution >= 4 is 34.6 Å². The van der Waals surface area contributed by atoms with Crippen molar-refractivity contribution in [3.8, 4) is 34.5 Å². The van der Waals surface area contributed by atoms with Gasteiger partial charge in [-0.2, -0.15) is 0 Å². The zero-order valence-corrected chi connectivity index (χ0v) is 31.3. The molecule has 4 aromatic rings. The minimum atomic E-state index is -0.970. The molecule has 3 N–H and O–H groups in total. The Morgan fingerprint density at radius 1 is 1.02 bits per heavy atom. The number of esters is 1. The minimum Gasteiger partial charge on any atom is -0.507 e. The Kier molecular flexibility index (Phi) is 11.9. The highest BCUT2D eigenvalue weighted by atomic mass is 16.7. The number of allylic oxidation sites excluding steroid dienone is 1. The molecule has 0 saturated heterocycles. The fourth-order valence-electron chi connectivity index (χ4n) is 7.02. The van der Waals surface area contributed by atoms with Crippen LogP contribution in [0.4, 0.5) is 0 Å². The van der Waals surface area contributed by atoms with Crippen molar-refractivity contribution in [2.24, 2.45) is 0 Å². The number of hydrogen-bond acceptors (Lipinski definition) is 12. The third kappa shape index (κ3) is 8.53. The fraction of sp³-hybridized carbons (Fsp3) is 0.390. The molecule has 0 spiro atoms. The number of phenolic OH excluding ortho intramolecular Hbond substituents is 2. The molecule has 0 fully saturated rings. The maximum absolute atomic E-state index is 13.7. The van der Waals surface area contributed by atoms with E-state index in [4.69, 9.17) is 23.7 Å². The molecule has 55 heavy (non-hydrogen) atoms. The predicted molar refractivity (Wildman–Crippen MR) is 202 cm³/mol. The van der Waals surface area contributed by atoms with Gasteiger partial charge < -0.3 is 39.2 Å². The summed E-state index contributed by atoms with van der Waals surface area (Å²) in [5, 5.41) is 26.6. The normalized spacial score (nSPS) is 17.1. The van der Waals surface area contributed by atoms with E-state index >= 15 is 0 Å². The van der Waals surface area contributed by atoms with Crippen molar-refractivity contribution < 1.29 is 48.3 Å². The standard InChI is InChI=1S/C41H45N3O11/c1-23-9-8-12-27(45)11-7-5-6-10-26-17-31(46)38(39(48)37(26)41(50)55-23)28(25-13-14-32-35(18-25)54-22-53-32)20-36(47)42-15-16-44-24(2)43-30-21-34(52-4)33(51-3)19-29(30)40(44)49/h6,10,13-14,17-19,21,23,28,46,48H,5,7-9,11-12,15-16,20,22H2,1-4H3,(H,42,47)/b10-6+/t23-,28?/m0/s1. The summed E-state index contributed by atoms with van der Waals surface area (Å²) in [6, 6.07) is 9.61. The Balaban J connectivity index is 1.31. The molecule has 0 aliphatic carbocycles. The number of ether oxygens (including phenoxy) is 5. The lowest BCUT2D eigenvalue weighted by molar-refractivity contribution is -0.121. The number of fused-ring (bicyclic) bond motifs is 3. The number of ketones is 1. The third-order valence-corrected chi connectivity index (χ3v) is 9.90. The van der Waals surface area contributed by atoms with E-state index in [-0.39, 0.29) is 60.1 Å². The van der Waals surface area contributed by atoms with Crippen molar-refractivity contribution in [1.29, 1.82) is 0 Å². The molecule has 0 radical (unpaired) electrons. The summed E-state index contributed by atoms with van der Waals surface area (Å²) < 4.78 is 29.0. The van der Waals surface area contributed by atoms with Gasteiger partial charge in [0.2, 0.25) is 12.7 Å². The smallest absolute Gasteiger partial charge is 0.342 e. The maximum atomic E-state index is 13.7. The van der Waals surface area contributed by atoms with Gasteiger partial charge in [0.25, 0.3) is 5.56 Å². The van der Waals surface area contributed by atoms with E-state index < -0.39 is 29.6 Å². The number of amides is 1. The van der Waals surface area contributed by atoms with Gasteiger partial charge in [0.05, 0.1) is 31.2 Å². The van der Waals surface area contributed by atoms with Crippen molar-refractivity contribution in [3.63, 3.8) is 0 Å². The molecular formula is C41H45N3O11. The molecule has 0 saturated carbocycles. The molecule has 6 rings (SSSR count). The number of nitrogens with zero attached hydrogens (tertiary/aromatic N) is 2. The molecule has 1 aromatic heterocycles. The monoisotopic (exact) mass is 755 g/mol. The number of aromatic nitrogens is 2. The van der Waals surface area contributed by atoms with Gasteiger partial charge in [0, 0.05) is 49.9 Å². The van der Waals surface area contributed by atoms with Crippen LogP contribution in [0.2, 0.25) is 0 Å². The average Bonchev–Trinajstić information content (AvgIpc) is 3.63. The summed E-state index contributed by atoms with van der Waals surface area (Å²) >= 11 is 0. The summed E-state index contributed by atoms with van der Waals surface area (Å²) in [5.41, 5.74) is 0.656. The van der Waals surface area contributed by atoms with E-state index in [0.29, 0.717) is 83.8 Å². The van der Waals surface area contributed by atoms with Crippen molar-refractivity contribution in [3.05, 3.63) is 80.9 Å². The Labute approximate surface area is 317 Å². The van der Waals surface area contributed by atoms with Gasteiger partial charge in [-0.3, -0.25) is 19.0 Å². The molecule has 1 unspecified atom stereocenters. The molecule has 0 bridgehead atoms. The highest BCUT2D eigenvalue weighted by Gasteiger charge is 2.32. The van der Waals surface area contributed by atoms with E-state index in [0.717, 1.165) is 0 Å². The first kappa shape index (κ1) is 38.7. The van der Waals surface area contributed by atoms with Gasteiger partial charge in [-0.25, -0.2) is 9.78 Å². The van der Waals surface area contributed by atoms with Gasteiger partial charge in [0.1, 0.15) is 28.7 Å². The number of nitrogens with one attached hydrogen (secondary N) is 1. The fourth-order valence-corrected chi connectivity index (χ4v) is 7.02. The first-order valence-electron chi connectivity index (χ1n) is 18.3. The number of hydrogen-bond donors (Lipinski definition) is 3. The maximum Gasteiger partial charge on any atom is 0.342 e. The lowest BCUT2D eigenvalue weighted by Crippen LogP contribution is -2.33. The predicted octanol–water partition coefficient (Wildman–Crippen LogP) is 5.68. The lowest BCUT2D eigenvalue weighted by Gasteiger charge is -2.23. The average molecular weight is 756 g/mol. The summed E-state index contributed by atoms with van der Waals surface area (Å²) in [4.78, 5) is 57.8. The Hall–Kier alpha value is -6.05. The van der Waals surface area contributed by atoms with Crippen molar-refractivity contribution in [2.75, 3.05) is 27.6 Å². The number of carbonyl (C=O) groups excluding carboxylic acids is 3. The van der Waals surface area contributed by atoms with E-state index in [2.05, 4.69) is 10.3 Å². The molecule has 290 valence electrons. The van der Waals surface area contributed by atoms with Crippen LogP contribution < -0.4 is 29.8 Å². The van der Waals surface area contributed by atoms with Crippen LogP contribution in [0.15, 0.2) is 47.3 Å². The number of aryl methyl sites for hydroxylation is 1. The molecule has 2 aliphatic rings. The first-order chi connectivity index (χ1) is 26.5. The lowest BCUT2D eigenvalue weighted by atomic mass is 9.84. The van der Waals surface area contributed by atoms with Crippen LogP contribution in [0.3, 0.4) is 0 Å². The minimum absolute atomic E-state index is 0.00649. The topological polar surface area (TPSA) is 185 Å². The van der Waals surface area contributed by atoms with E-state index in [1.807, 2.05) is 0 Å². The third-order valence-electron chi connectivity index (χ3n) is 9.90. The van der Waals surface area contributed by atoms with Crippen LogP contribution in [0.1, 0.15) is 90.7 Å². The number of methoxy groups -OCH3 is 2. The van der Waals surface area contributed by atoms with Crippen LogP contribution in [0.25, 0.3) is 17.0 Å². The number of aromatic hydroxyl groups is 2. The Bertz CT molecular complexity index is 2210. The molecule has 3 heterocycles. The highest BCUT2D eigenvalue weighted by molar-refractivity contribution is 5.98. The summed E-state index contributed by atoms with van der Waals surface area (Å²) in [5.74, 6) is -0.778. The van der Waals surface area contributed by atoms with Crippen LogP contribution >= 0.6 is 0 Å². The number of cyclic esters (lactones) is 1. The summed E-state index contributed by atoms with van der Waals surface area (Å²) in [7, 11) is 2.97. The van der Waals surface area contributed by atoms with Gasteiger partial charge in [-0.05, 0) is 74.9 Å². The van der Waals surface area contributed by atoms with Gasteiger partial charge in [0.15, 0.2) is 23.0 Å². The number of carbonyl (C=O) groups is 3. The van der Waals surface area contributed by atoms with E-state index in [1.54, 1.807) is 56.3 Å². The molecule has 14 nitrogen and oxygen atoms in total. The van der Waals surface area contributed by atoms with Crippen molar-refractivity contribution in [2.45, 2.75) is 77.4 Å². The van der Waals surface area contributed by atoms with Crippen LogP contribution in [-0.4, -0.2) is 71.1 Å². The molecule has 2 aliphatic heterocycles.